The van der Waals surface area contributed by atoms with Crippen molar-refractivity contribution in [1.29, 1.82) is 0 Å². The minimum atomic E-state index is 0.775. The number of rotatable bonds is 10. The molecule has 1 rings (SSSR count). The standard InChI is InChI=1S/C13H24N2O2/c1-3-8-14-9-4-7-13-15-11-12(17-13)6-5-10-16-2/h11,14H,3-10H2,1-2H3. The van der Waals surface area contributed by atoms with E-state index in [0.717, 1.165) is 57.0 Å². The third kappa shape index (κ3) is 6.44. The van der Waals surface area contributed by atoms with Crippen LogP contribution < -0.4 is 5.32 Å². The summed E-state index contributed by atoms with van der Waals surface area (Å²) in [6.45, 7) is 5.08. The number of aromatic nitrogens is 1. The molecule has 17 heavy (non-hydrogen) atoms. The van der Waals surface area contributed by atoms with Gasteiger partial charge < -0.3 is 14.5 Å². The molecule has 0 aliphatic heterocycles. The summed E-state index contributed by atoms with van der Waals surface area (Å²) in [6.07, 6.45) is 6.92. The summed E-state index contributed by atoms with van der Waals surface area (Å²) in [6, 6.07) is 0. The molecule has 1 heterocycles. The molecule has 0 aliphatic carbocycles. The molecule has 1 aromatic rings. The summed E-state index contributed by atoms with van der Waals surface area (Å²) >= 11 is 0. The lowest BCUT2D eigenvalue weighted by Gasteiger charge is -2.00. The zero-order valence-electron chi connectivity index (χ0n) is 11.0. The first kappa shape index (κ1) is 14.2. The Balaban J connectivity index is 2.12. The molecule has 0 saturated heterocycles. The minimum absolute atomic E-state index is 0.775. The van der Waals surface area contributed by atoms with Gasteiger partial charge in [-0.05, 0) is 32.4 Å². The molecule has 0 amide bonds. The van der Waals surface area contributed by atoms with Crippen molar-refractivity contribution >= 4 is 0 Å². The molecule has 1 N–H and O–H groups in total. The van der Waals surface area contributed by atoms with Crippen LogP contribution in [0.3, 0.4) is 0 Å². The number of oxazole rings is 1. The lowest BCUT2D eigenvalue weighted by molar-refractivity contribution is 0.193. The summed E-state index contributed by atoms with van der Waals surface area (Å²) in [5, 5.41) is 3.37. The van der Waals surface area contributed by atoms with Gasteiger partial charge in [-0.3, -0.25) is 0 Å². The molecule has 0 fully saturated rings. The van der Waals surface area contributed by atoms with Crippen molar-refractivity contribution in [1.82, 2.24) is 10.3 Å². The zero-order valence-corrected chi connectivity index (χ0v) is 11.0. The summed E-state index contributed by atoms with van der Waals surface area (Å²) in [7, 11) is 1.72. The summed E-state index contributed by atoms with van der Waals surface area (Å²) < 4.78 is 10.6. The van der Waals surface area contributed by atoms with Gasteiger partial charge in [-0.2, -0.15) is 0 Å². The van der Waals surface area contributed by atoms with Gasteiger partial charge in [-0.25, -0.2) is 4.98 Å². The highest BCUT2D eigenvalue weighted by Crippen LogP contribution is 2.08. The van der Waals surface area contributed by atoms with Crippen molar-refractivity contribution in [2.75, 3.05) is 26.8 Å². The third-order valence-corrected chi connectivity index (χ3v) is 2.54. The first-order chi connectivity index (χ1) is 8.36. The van der Waals surface area contributed by atoms with Crippen LogP contribution in [0.1, 0.15) is 37.8 Å². The van der Waals surface area contributed by atoms with Gasteiger partial charge in [-0.15, -0.1) is 0 Å². The molecule has 98 valence electrons. The largest absolute Gasteiger partial charge is 0.446 e. The monoisotopic (exact) mass is 240 g/mol. The first-order valence-electron chi connectivity index (χ1n) is 6.50. The van der Waals surface area contributed by atoms with Gasteiger partial charge >= 0.3 is 0 Å². The lowest BCUT2D eigenvalue weighted by Crippen LogP contribution is -2.16. The van der Waals surface area contributed by atoms with Crippen LogP contribution >= 0.6 is 0 Å². The van der Waals surface area contributed by atoms with Crippen molar-refractivity contribution in [3.8, 4) is 0 Å². The van der Waals surface area contributed by atoms with E-state index >= 15 is 0 Å². The quantitative estimate of drug-likeness (QED) is 0.637. The Kier molecular flexibility index (Phi) is 7.67. The minimum Gasteiger partial charge on any atom is -0.446 e. The maximum Gasteiger partial charge on any atom is 0.194 e. The second-order valence-corrected chi connectivity index (χ2v) is 4.17. The average Bonchev–Trinajstić information content (AvgIpc) is 2.77. The topological polar surface area (TPSA) is 47.3 Å². The van der Waals surface area contributed by atoms with Crippen molar-refractivity contribution in [2.45, 2.75) is 39.0 Å². The number of hydrogen-bond donors (Lipinski definition) is 1. The van der Waals surface area contributed by atoms with Gasteiger partial charge in [0.15, 0.2) is 5.89 Å². The van der Waals surface area contributed by atoms with Crippen LogP contribution in [0.2, 0.25) is 0 Å². The van der Waals surface area contributed by atoms with Gasteiger partial charge in [0.1, 0.15) is 5.76 Å². The van der Waals surface area contributed by atoms with E-state index < -0.39 is 0 Å². The van der Waals surface area contributed by atoms with Crippen LogP contribution in [0.5, 0.6) is 0 Å². The fourth-order valence-corrected chi connectivity index (χ4v) is 1.64. The highest BCUT2D eigenvalue weighted by atomic mass is 16.5. The molecule has 0 unspecified atom stereocenters. The van der Waals surface area contributed by atoms with Gasteiger partial charge in [0, 0.05) is 26.6 Å². The Morgan fingerprint density at radius 1 is 1.29 bits per heavy atom. The van der Waals surface area contributed by atoms with Crippen LogP contribution in [0.4, 0.5) is 0 Å². The normalized spacial score (nSPS) is 10.9. The molecular weight excluding hydrogens is 216 g/mol. The number of aryl methyl sites for hydroxylation is 2. The van der Waals surface area contributed by atoms with E-state index in [1.807, 2.05) is 6.20 Å². The maximum absolute atomic E-state index is 5.64. The van der Waals surface area contributed by atoms with E-state index in [1.54, 1.807) is 7.11 Å². The summed E-state index contributed by atoms with van der Waals surface area (Å²) in [5.74, 6) is 1.83. The summed E-state index contributed by atoms with van der Waals surface area (Å²) in [5.41, 5.74) is 0. The second-order valence-electron chi connectivity index (χ2n) is 4.17. The predicted octanol–water partition coefficient (Wildman–Crippen LogP) is 2.19. The van der Waals surface area contributed by atoms with E-state index in [9.17, 15) is 0 Å². The van der Waals surface area contributed by atoms with Crippen LogP contribution in [0.15, 0.2) is 10.6 Å². The molecule has 4 nitrogen and oxygen atoms in total. The van der Waals surface area contributed by atoms with Crippen LogP contribution in [-0.2, 0) is 17.6 Å². The second kappa shape index (κ2) is 9.19. The van der Waals surface area contributed by atoms with Crippen LogP contribution in [0, 0.1) is 0 Å². The first-order valence-corrected chi connectivity index (χ1v) is 6.50. The third-order valence-electron chi connectivity index (χ3n) is 2.54. The molecule has 1 aromatic heterocycles. The SMILES string of the molecule is CCCNCCCc1ncc(CCCOC)o1. The maximum atomic E-state index is 5.64. The van der Waals surface area contributed by atoms with E-state index in [-0.39, 0.29) is 0 Å². The predicted molar refractivity (Wildman–Crippen MR) is 68.2 cm³/mol. The Morgan fingerprint density at radius 3 is 2.94 bits per heavy atom. The van der Waals surface area contributed by atoms with Gasteiger partial charge in [-0.1, -0.05) is 6.92 Å². The molecule has 0 radical (unpaired) electrons. The number of hydrogen-bond acceptors (Lipinski definition) is 4. The van der Waals surface area contributed by atoms with E-state index in [0.29, 0.717) is 0 Å². The van der Waals surface area contributed by atoms with Crippen molar-refractivity contribution in [3.05, 3.63) is 17.8 Å². The Morgan fingerprint density at radius 2 is 2.18 bits per heavy atom. The molecule has 0 aromatic carbocycles. The molecule has 0 bridgehead atoms. The molecule has 0 aliphatic rings. The molecule has 0 saturated carbocycles. The highest BCUT2D eigenvalue weighted by Gasteiger charge is 2.03. The van der Waals surface area contributed by atoms with Crippen molar-refractivity contribution in [3.63, 3.8) is 0 Å². The smallest absolute Gasteiger partial charge is 0.194 e. The van der Waals surface area contributed by atoms with E-state index in [1.165, 1.54) is 6.42 Å². The van der Waals surface area contributed by atoms with Gasteiger partial charge in [0.25, 0.3) is 0 Å². The highest BCUT2D eigenvalue weighted by molar-refractivity contribution is 4.94. The molecule has 0 spiro atoms. The van der Waals surface area contributed by atoms with Crippen molar-refractivity contribution < 1.29 is 9.15 Å². The molecule has 0 atom stereocenters. The Hall–Kier alpha value is -0.870. The van der Waals surface area contributed by atoms with E-state index in [2.05, 4.69) is 17.2 Å². The average molecular weight is 240 g/mol. The van der Waals surface area contributed by atoms with Gasteiger partial charge in [0.05, 0.1) is 6.20 Å². The fourth-order valence-electron chi connectivity index (χ4n) is 1.64. The number of methoxy groups -OCH3 is 1. The number of nitrogens with zero attached hydrogens (tertiary/aromatic N) is 1. The molecular formula is C13H24N2O2. The Labute approximate surface area is 104 Å². The van der Waals surface area contributed by atoms with Crippen LogP contribution in [0.25, 0.3) is 0 Å². The summed E-state index contributed by atoms with van der Waals surface area (Å²) in [4.78, 5) is 4.28. The molecule has 4 heteroatoms. The van der Waals surface area contributed by atoms with Crippen LogP contribution in [-0.4, -0.2) is 31.8 Å². The van der Waals surface area contributed by atoms with Crippen molar-refractivity contribution in [2.24, 2.45) is 0 Å². The lowest BCUT2D eigenvalue weighted by atomic mass is 10.3. The number of nitrogens with one attached hydrogen (secondary N) is 1. The Bertz CT molecular complexity index is 287. The number of ether oxygens (including phenoxy) is 1. The zero-order chi connectivity index (χ0) is 12.3. The van der Waals surface area contributed by atoms with Gasteiger partial charge in [0.2, 0.25) is 0 Å². The fraction of sp³-hybridized carbons (Fsp3) is 0.769. The van der Waals surface area contributed by atoms with E-state index in [4.69, 9.17) is 9.15 Å².